The van der Waals surface area contributed by atoms with E-state index in [9.17, 15) is 32.4 Å². The van der Waals surface area contributed by atoms with Crippen molar-refractivity contribution in [1.82, 2.24) is 14.5 Å². The number of halogens is 2. The van der Waals surface area contributed by atoms with Gasteiger partial charge in [0.05, 0.1) is 16.5 Å². The zero-order valence-electron chi connectivity index (χ0n) is 22.7. The minimum atomic E-state index is -4.55. The molecule has 0 amide bonds. The number of pyridine rings is 1. The molecule has 0 radical (unpaired) electrons. The fourth-order valence-electron chi connectivity index (χ4n) is 4.79. The average Bonchev–Trinajstić information content (AvgIpc) is 2.94. The van der Waals surface area contributed by atoms with E-state index in [1.54, 1.807) is 19.9 Å². The summed E-state index contributed by atoms with van der Waals surface area (Å²) in [5.74, 6) is -1.95. The lowest BCUT2D eigenvalue weighted by Crippen LogP contribution is -2.27. The fourth-order valence-corrected chi connectivity index (χ4v) is 6.14. The molecular formula is C30H28F2N4O4S. The molecule has 0 spiro atoms. The van der Waals surface area contributed by atoms with Gasteiger partial charge in [-0.2, -0.15) is 14.6 Å². The molecule has 8 nitrogen and oxygen atoms in total. The number of benzene rings is 2. The largest absolute Gasteiger partial charge is 0.493 e. The van der Waals surface area contributed by atoms with Crippen LogP contribution in [0.4, 0.5) is 8.78 Å². The molecule has 11 heteroatoms. The summed E-state index contributed by atoms with van der Waals surface area (Å²) >= 11 is 0. The van der Waals surface area contributed by atoms with Crippen LogP contribution in [0.5, 0.6) is 5.88 Å². The molecule has 0 aliphatic carbocycles. The van der Waals surface area contributed by atoms with E-state index in [-0.39, 0.29) is 22.7 Å². The molecule has 0 saturated heterocycles. The van der Waals surface area contributed by atoms with E-state index in [1.807, 2.05) is 6.92 Å². The van der Waals surface area contributed by atoms with Gasteiger partial charge in [-0.15, -0.1) is 0 Å². The van der Waals surface area contributed by atoms with E-state index in [0.717, 1.165) is 12.5 Å². The number of aromatic hydroxyl groups is 1. The van der Waals surface area contributed by atoms with Crippen LogP contribution in [0.3, 0.4) is 0 Å². The Labute approximate surface area is 236 Å². The molecular weight excluding hydrogens is 550 g/mol. The molecule has 4 rings (SSSR count). The molecule has 1 atom stereocenters. The number of hydrogen-bond donors (Lipinski definition) is 1. The Morgan fingerprint density at radius 2 is 1.76 bits per heavy atom. The van der Waals surface area contributed by atoms with Crippen molar-refractivity contribution in [3.8, 4) is 23.1 Å². The lowest BCUT2D eigenvalue weighted by Gasteiger charge is -2.25. The third-order valence-electron chi connectivity index (χ3n) is 6.88. The van der Waals surface area contributed by atoms with Crippen molar-refractivity contribution in [1.29, 1.82) is 5.26 Å². The molecule has 0 aliphatic heterocycles. The lowest BCUT2D eigenvalue weighted by atomic mass is 10.0. The van der Waals surface area contributed by atoms with Crippen LogP contribution in [0.2, 0.25) is 0 Å². The highest BCUT2D eigenvalue weighted by Crippen LogP contribution is 2.34. The standard InChI is InChI=1S/C30H28F2N4O4S/c1-4-6-7-27-35-29(37)28(30(38)36(27)25(5-2)20-10-14-24(31)21(16-20)17-33)41(39,40)22-11-8-19(9-12-22)23-13-15-26(32)34-18(23)3/h8-16,25,38H,4-7H2,1-3H3. The van der Waals surface area contributed by atoms with Gasteiger partial charge >= 0.3 is 0 Å². The first-order valence-corrected chi connectivity index (χ1v) is 14.5. The van der Waals surface area contributed by atoms with Crippen LogP contribution in [0, 0.1) is 30.0 Å². The highest BCUT2D eigenvalue weighted by Gasteiger charge is 2.32. The van der Waals surface area contributed by atoms with Gasteiger partial charge in [0, 0.05) is 17.7 Å². The second-order valence-electron chi connectivity index (χ2n) is 9.53. The normalized spacial score (nSPS) is 12.2. The lowest BCUT2D eigenvalue weighted by molar-refractivity contribution is 0.358. The third kappa shape index (κ3) is 5.74. The number of unbranched alkanes of at least 4 members (excludes halogenated alkanes) is 1. The Morgan fingerprint density at radius 1 is 1.05 bits per heavy atom. The molecule has 4 aromatic rings. The SMILES string of the molecule is CCCCc1nc(=O)c(S(=O)(=O)c2ccc(-c3ccc(F)nc3C)cc2)c(O)n1C(CC)c1ccc(F)c(C#N)c1. The molecule has 212 valence electrons. The summed E-state index contributed by atoms with van der Waals surface area (Å²) in [7, 11) is -4.55. The summed E-state index contributed by atoms with van der Waals surface area (Å²) in [4.78, 5) is 19.9. The highest BCUT2D eigenvalue weighted by molar-refractivity contribution is 7.91. The van der Waals surface area contributed by atoms with E-state index >= 15 is 0 Å². The van der Waals surface area contributed by atoms with E-state index in [1.165, 1.54) is 53.1 Å². The minimum absolute atomic E-state index is 0.178. The molecule has 2 heterocycles. The summed E-state index contributed by atoms with van der Waals surface area (Å²) in [6, 6.07) is 13.3. The summed E-state index contributed by atoms with van der Waals surface area (Å²) in [6.45, 7) is 5.34. The number of hydrogen-bond acceptors (Lipinski definition) is 7. The highest BCUT2D eigenvalue weighted by atomic mass is 32.2. The number of rotatable bonds is 9. The van der Waals surface area contributed by atoms with Crippen LogP contribution >= 0.6 is 0 Å². The first-order chi connectivity index (χ1) is 19.5. The maximum absolute atomic E-state index is 14.1. The molecule has 0 saturated carbocycles. The van der Waals surface area contributed by atoms with Crippen molar-refractivity contribution in [3.05, 3.63) is 99.4 Å². The van der Waals surface area contributed by atoms with Crippen molar-refractivity contribution in [3.63, 3.8) is 0 Å². The van der Waals surface area contributed by atoms with Crippen LogP contribution in [0.15, 0.2) is 69.2 Å². The molecule has 41 heavy (non-hydrogen) atoms. The molecule has 0 bridgehead atoms. The van der Waals surface area contributed by atoms with Crippen molar-refractivity contribution in [2.45, 2.75) is 62.3 Å². The number of nitrogens with zero attached hydrogens (tertiary/aromatic N) is 4. The molecule has 0 aliphatic rings. The number of aromatic nitrogens is 3. The smallest absolute Gasteiger partial charge is 0.296 e. The van der Waals surface area contributed by atoms with Crippen LogP contribution < -0.4 is 5.56 Å². The van der Waals surface area contributed by atoms with Gasteiger partial charge in [-0.05, 0) is 67.3 Å². The number of aryl methyl sites for hydroxylation is 2. The van der Waals surface area contributed by atoms with Gasteiger partial charge in [0.1, 0.15) is 17.7 Å². The van der Waals surface area contributed by atoms with Crippen molar-refractivity contribution >= 4 is 9.84 Å². The molecule has 2 aromatic carbocycles. The third-order valence-corrected chi connectivity index (χ3v) is 8.67. The predicted molar refractivity (Wildman–Crippen MR) is 148 cm³/mol. The number of sulfone groups is 1. The first kappa shape index (κ1) is 29.6. The second-order valence-corrected chi connectivity index (χ2v) is 11.4. The zero-order valence-corrected chi connectivity index (χ0v) is 23.5. The molecule has 1 unspecified atom stereocenters. The van der Waals surface area contributed by atoms with Crippen molar-refractivity contribution < 1.29 is 22.3 Å². The summed E-state index contributed by atoms with van der Waals surface area (Å²) < 4.78 is 56.3. The Kier molecular flexibility index (Phi) is 8.63. The summed E-state index contributed by atoms with van der Waals surface area (Å²) in [5.41, 5.74) is 0.741. The van der Waals surface area contributed by atoms with E-state index < -0.39 is 44.0 Å². The van der Waals surface area contributed by atoms with Crippen LogP contribution in [-0.2, 0) is 16.3 Å². The van der Waals surface area contributed by atoms with Gasteiger partial charge in [0.15, 0.2) is 4.90 Å². The van der Waals surface area contributed by atoms with Crippen LogP contribution in [-0.4, -0.2) is 28.1 Å². The van der Waals surface area contributed by atoms with Crippen LogP contribution in [0.25, 0.3) is 11.1 Å². The van der Waals surface area contributed by atoms with Gasteiger partial charge in [-0.1, -0.05) is 38.5 Å². The summed E-state index contributed by atoms with van der Waals surface area (Å²) in [6.07, 6.45) is 1.95. The average molecular weight is 579 g/mol. The first-order valence-electron chi connectivity index (χ1n) is 13.1. The van der Waals surface area contributed by atoms with Gasteiger partial charge in [-0.25, -0.2) is 17.8 Å². The Bertz CT molecular complexity index is 1810. The molecule has 2 aromatic heterocycles. The quantitative estimate of drug-likeness (QED) is 0.255. The second kappa shape index (κ2) is 12.0. The fraction of sp³-hybridized carbons (Fsp3) is 0.267. The van der Waals surface area contributed by atoms with E-state index in [2.05, 4.69) is 9.97 Å². The van der Waals surface area contributed by atoms with Crippen molar-refractivity contribution in [2.24, 2.45) is 0 Å². The molecule has 0 fully saturated rings. The molecule has 1 N–H and O–H groups in total. The summed E-state index contributed by atoms with van der Waals surface area (Å²) in [5, 5.41) is 20.8. The Balaban J connectivity index is 1.88. The zero-order chi connectivity index (χ0) is 29.9. The van der Waals surface area contributed by atoms with Gasteiger partial charge in [0.2, 0.25) is 21.7 Å². The topological polar surface area (TPSA) is 126 Å². The van der Waals surface area contributed by atoms with Crippen molar-refractivity contribution in [2.75, 3.05) is 0 Å². The maximum atomic E-state index is 14.1. The maximum Gasteiger partial charge on any atom is 0.296 e. The predicted octanol–water partition coefficient (Wildman–Crippen LogP) is 5.64. The number of nitriles is 1. The minimum Gasteiger partial charge on any atom is -0.493 e. The van der Waals surface area contributed by atoms with Gasteiger partial charge < -0.3 is 5.11 Å². The van der Waals surface area contributed by atoms with Gasteiger partial charge in [-0.3, -0.25) is 9.36 Å². The Morgan fingerprint density at radius 3 is 2.37 bits per heavy atom. The van der Waals surface area contributed by atoms with E-state index in [0.29, 0.717) is 35.2 Å². The monoisotopic (exact) mass is 578 g/mol. The Hall–Kier alpha value is -4.43. The van der Waals surface area contributed by atoms with Crippen LogP contribution in [0.1, 0.15) is 61.8 Å². The van der Waals surface area contributed by atoms with E-state index in [4.69, 9.17) is 0 Å². The van der Waals surface area contributed by atoms with Gasteiger partial charge in [0.25, 0.3) is 5.56 Å².